The van der Waals surface area contributed by atoms with Crippen molar-refractivity contribution in [3.63, 3.8) is 0 Å². The summed E-state index contributed by atoms with van der Waals surface area (Å²) in [6.07, 6.45) is 0.317. The van der Waals surface area contributed by atoms with Gasteiger partial charge in [0.05, 0.1) is 18.6 Å². The van der Waals surface area contributed by atoms with Crippen LogP contribution in [0.25, 0.3) is 0 Å². The van der Waals surface area contributed by atoms with Gasteiger partial charge in [-0.05, 0) is 40.9 Å². The van der Waals surface area contributed by atoms with Crippen molar-refractivity contribution in [3.05, 3.63) is 28.2 Å². The number of carbonyl (C=O) groups is 1. The topological polar surface area (TPSA) is 72.5 Å². The SMILES string of the molecule is COC(=O)CCCS(=O)(=O)Nc1cccc(C)c1Br. The summed E-state index contributed by atoms with van der Waals surface area (Å²) in [7, 11) is -2.19. The van der Waals surface area contributed by atoms with Crippen molar-refractivity contribution < 1.29 is 17.9 Å². The van der Waals surface area contributed by atoms with Crippen LogP contribution >= 0.6 is 15.9 Å². The van der Waals surface area contributed by atoms with Gasteiger partial charge in [-0.25, -0.2) is 8.42 Å². The lowest BCUT2D eigenvalue weighted by Gasteiger charge is -2.10. The van der Waals surface area contributed by atoms with Crippen LogP contribution in [0.1, 0.15) is 18.4 Å². The summed E-state index contributed by atoms with van der Waals surface area (Å²) in [6, 6.07) is 5.32. The number of methoxy groups -OCH3 is 1. The highest BCUT2D eigenvalue weighted by Crippen LogP contribution is 2.26. The number of rotatable bonds is 6. The summed E-state index contributed by atoms with van der Waals surface area (Å²) < 4.78 is 31.4. The van der Waals surface area contributed by atoms with Crippen molar-refractivity contribution in [2.45, 2.75) is 19.8 Å². The molecule has 1 rings (SSSR count). The minimum atomic E-state index is -3.47. The average molecular weight is 350 g/mol. The fourth-order valence-electron chi connectivity index (χ4n) is 1.45. The van der Waals surface area contributed by atoms with Gasteiger partial charge >= 0.3 is 5.97 Å². The molecule has 0 saturated heterocycles. The number of benzene rings is 1. The molecule has 0 aliphatic rings. The summed E-state index contributed by atoms with van der Waals surface area (Å²) >= 11 is 3.33. The van der Waals surface area contributed by atoms with Gasteiger partial charge in [-0.3, -0.25) is 9.52 Å². The highest BCUT2D eigenvalue weighted by Gasteiger charge is 2.14. The van der Waals surface area contributed by atoms with Crippen LogP contribution in [-0.4, -0.2) is 27.2 Å². The molecule has 0 radical (unpaired) electrons. The fraction of sp³-hybridized carbons (Fsp3) is 0.417. The molecular formula is C12H16BrNO4S. The molecule has 0 heterocycles. The van der Waals surface area contributed by atoms with Crippen LogP contribution in [0.15, 0.2) is 22.7 Å². The highest BCUT2D eigenvalue weighted by atomic mass is 79.9. The van der Waals surface area contributed by atoms with Crippen molar-refractivity contribution in [3.8, 4) is 0 Å². The van der Waals surface area contributed by atoms with Gasteiger partial charge < -0.3 is 4.74 Å². The first-order valence-corrected chi connectivity index (χ1v) is 8.12. The average Bonchev–Trinajstić information content (AvgIpc) is 2.34. The Bertz CT molecular complexity index is 557. The molecule has 5 nitrogen and oxygen atoms in total. The molecule has 1 N–H and O–H groups in total. The zero-order valence-corrected chi connectivity index (χ0v) is 13.2. The first-order valence-electron chi connectivity index (χ1n) is 5.68. The minimum absolute atomic E-state index is 0.0897. The largest absolute Gasteiger partial charge is 0.469 e. The Morgan fingerprint density at radius 2 is 2.11 bits per heavy atom. The zero-order valence-electron chi connectivity index (χ0n) is 10.8. The second-order valence-electron chi connectivity index (χ2n) is 4.04. The van der Waals surface area contributed by atoms with E-state index in [-0.39, 0.29) is 18.6 Å². The van der Waals surface area contributed by atoms with Crippen molar-refractivity contribution in [2.75, 3.05) is 17.6 Å². The van der Waals surface area contributed by atoms with E-state index < -0.39 is 16.0 Å². The van der Waals surface area contributed by atoms with Crippen LogP contribution in [0.4, 0.5) is 5.69 Å². The van der Waals surface area contributed by atoms with E-state index in [9.17, 15) is 13.2 Å². The van der Waals surface area contributed by atoms with Crippen LogP contribution in [0, 0.1) is 6.92 Å². The molecular weight excluding hydrogens is 334 g/mol. The fourth-order valence-corrected chi connectivity index (χ4v) is 3.08. The minimum Gasteiger partial charge on any atom is -0.469 e. The molecule has 0 bridgehead atoms. The lowest BCUT2D eigenvalue weighted by molar-refractivity contribution is -0.140. The molecule has 0 fully saturated rings. The third-order valence-corrected chi connectivity index (χ3v) is 4.89. The molecule has 0 spiro atoms. The number of hydrogen-bond donors (Lipinski definition) is 1. The van der Waals surface area contributed by atoms with E-state index in [1.54, 1.807) is 12.1 Å². The lowest BCUT2D eigenvalue weighted by Crippen LogP contribution is -2.18. The summed E-state index contributed by atoms with van der Waals surface area (Å²) in [5, 5.41) is 0. The highest BCUT2D eigenvalue weighted by molar-refractivity contribution is 9.10. The number of hydrogen-bond acceptors (Lipinski definition) is 4. The number of carbonyl (C=O) groups excluding carboxylic acids is 1. The van der Waals surface area contributed by atoms with Crippen molar-refractivity contribution >= 4 is 37.6 Å². The maximum absolute atomic E-state index is 11.8. The van der Waals surface area contributed by atoms with Gasteiger partial charge in [0, 0.05) is 10.9 Å². The van der Waals surface area contributed by atoms with Crippen LogP contribution in [0.2, 0.25) is 0 Å². The number of aryl methyl sites for hydroxylation is 1. The summed E-state index contributed by atoms with van der Waals surface area (Å²) in [6.45, 7) is 1.87. The molecule has 0 saturated carbocycles. The molecule has 0 aliphatic carbocycles. The van der Waals surface area contributed by atoms with Crippen molar-refractivity contribution in [1.29, 1.82) is 0 Å². The number of halogens is 1. The molecule has 1 aromatic carbocycles. The Morgan fingerprint density at radius 3 is 2.74 bits per heavy atom. The van der Waals surface area contributed by atoms with Gasteiger partial charge in [-0.2, -0.15) is 0 Å². The van der Waals surface area contributed by atoms with E-state index in [2.05, 4.69) is 25.4 Å². The molecule has 1 aromatic rings. The van der Waals surface area contributed by atoms with E-state index in [4.69, 9.17) is 0 Å². The molecule has 0 unspecified atom stereocenters. The second kappa shape index (κ2) is 6.91. The Labute approximate surface area is 121 Å². The third-order valence-electron chi connectivity index (χ3n) is 2.48. The molecule has 0 atom stereocenters. The standard InChI is InChI=1S/C12H16BrNO4S/c1-9-5-3-6-10(12(9)13)14-19(16,17)8-4-7-11(15)18-2/h3,5-6,14H,4,7-8H2,1-2H3. The molecule has 106 valence electrons. The predicted octanol–water partition coefficient (Wildman–Crippen LogP) is 2.45. The van der Waals surface area contributed by atoms with Crippen molar-refractivity contribution in [2.24, 2.45) is 0 Å². The lowest BCUT2D eigenvalue weighted by atomic mass is 10.2. The van der Waals surface area contributed by atoms with Gasteiger partial charge in [0.15, 0.2) is 0 Å². The van der Waals surface area contributed by atoms with E-state index in [0.717, 1.165) is 5.56 Å². The summed E-state index contributed by atoms with van der Waals surface area (Å²) in [5.41, 5.74) is 1.44. The maximum Gasteiger partial charge on any atom is 0.305 e. The molecule has 0 aliphatic heterocycles. The Balaban J connectivity index is 2.64. The van der Waals surface area contributed by atoms with Crippen molar-refractivity contribution in [1.82, 2.24) is 0 Å². The predicted molar refractivity (Wildman–Crippen MR) is 77.5 cm³/mol. The van der Waals surface area contributed by atoms with Gasteiger partial charge in [-0.15, -0.1) is 0 Å². The van der Waals surface area contributed by atoms with Crippen LogP contribution in [0.5, 0.6) is 0 Å². The summed E-state index contributed by atoms with van der Waals surface area (Å²) in [5.74, 6) is -0.533. The molecule has 7 heteroatoms. The first kappa shape index (κ1) is 16.0. The number of nitrogens with one attached hydrogen (secondary N) is 1. The molecule has 0 amide bonds. The van der Waals surface area contributed by atoms with Crippen LogP contribution < -0.4 is 4.72 Å². The first-order chi connectivity index (χ1) is 8.85. The number of esters is 1. The normalized spacial score (nSPS) is 11.1. The monoisotopic (exact) mass is 349 g/mol. The molecule has 0 aromatic heterocycles. The van der Waals surface area contributed by atoms with Gasteiger partial charge in [0.1, 0.15) is 0 Å². The van der Waals surface area contributed by atoms with Gasteiger partial charge in [0.2, 0.25) is 10.0 Å². The van der Waals surface area contributed by atoms with Crippen LogP contribution in [0.3, 0.4) is 0 Å². The van der Waals surface area contributed by atoms with E-state index in [1.807, 2.05) is 13.0 Å². The maximum atomic E-state index is 11.8. The Morgan fingerprint density at radius 1 is 1.42 bits per heavy atom. The smallest absolute Gasteiger partial charge is 0.305 e. The Hall–Kier alpha value is -1.08. The quantitative estimate of drug-likeness (QED) is 0.800. The van der Waals surface area contributed by atoms with E-state index in [0.29, 0.717) is 10.2 Å². The number of ether oxygens (including phenoxy) is 1. The molecule has 19 heavy (non-hydrogen) atoms. The second-order valence-corrected chi connectivity index (χ2v) is 6.67. The van der Waals surface area contributed by atoms with E-state index >= 15 is 0 Å². The number of sulfonamides is 1. The number of anilines is 1. The van der Waals surface area contributed by atoms with Gasteiger partial charge in [-0.1, -0.05) is 12.1 Å². The van der Waals surface area contributed by atoms with Crippen LogP contribution in [-0.2, 0) is 19.6 Å². The van der Waals surface area contributed by atoms with Gasteiger partial charge in [0.25, 0.3) is 0 Å². The Kier molecular flexibility index (Phi) is 5.81. The zero-order chi connectivity index (χ0) is 14.5. The third kappa shape index (κ3) is 5.20. The summed E-state index contributed by atoms with van der Waals surface area (Å²) in [4.78, 5) is 10.9. The van der Waals surface area contributed by atoms with E-state index in [1.165, 1.54) is 7.11 Å².